The van der Waals surface area contributed by atoms with E-state index >= 15 is 0 Å². The Labute approximate surface area is 179 Å². The van der Waals surface area contributed by atoms with E-state index in [0.29, 0.717) is 29.7 Å². The number of aliphatic imine (C=N–C) groups is 1. The molecule has 0 amide bonds. The van der Waals surface area contributed by atoms with Crippen LogP contribution in [0.2, 0.25) is 0 Å². The maximum atomic E-state index is 12.6. The van der Waals surface area contributed by atoms with Gasteiger partial charge in [0.15, 0.2) is 5.96 Å². The zero-order valence-corrected chi connectivity index (χ0v) is 18.1. The first-order valence-corrected chi connectivity index (χ1v) is 8.11. The highest BCUT2D eigenvalue weighted by molar-refractivity contribution is 14.0. The van der Waals surface area contributed by atoms with Crippen molar-refractivity contribution in [3.63, 3.8) is 0 Å². The minimum Gasteiger partial charge on any atom is -0.497 e. The summed E-state index contributed by atoms with van der Waals surface area (Å²) < 4.78 is 40.1. The molecule has 2 aromatic rings. The monoisotopic (exact) mass is 508 g/mol. The Bertz CT molecular complexity index is 778. The van der Waals surface area contributed by atoms with Crippen LogP contribution in [0.25, 0.3) is 0 Å². The van der Waals surface area contributed by atoms with E-state index in [1.165, 1.54) is 13.2 Å². The van der Waals surface area contributed by atoms with Gasteiger partial charge in [-0.05, 0) is 24.3 Å². The normalized spacial score (nSPS) is 10.9. The van der Waals surface area contributed by atoms with Crippen molar-refractivity contribution >= 4 is 29.9 Å². The molecule has 0 aliphatic rings. The number of methoxy groups -OCH3 is 2. The van der Waals surface area contributed by atoms with Gasteiger partial charge in [0.2, 0.25) is 5.88 Å². The van der Waals surface area contributed by atoms with Crippen molar-refractivity contribution in [2.75, 3.05) is 21.3 Å². The molecule has 2 N–H and O–H groups in total. The van der Waals surface area contributed by atoms with Gasteiger partial charge in [0.05, 0.1) is 14.2 Å². The fourth-order valence-electron chi connectivity index (χ4n) is 2.35. The number of aromatic nitrogens is 1. The summed E-state index contributed by atoms with van der Waals surface area (Å²) in [6, 6.07) is 8.31. The summed E-state index contributed by atoms with van der Waals surface area (Å²) in [6.07, 6.45) is 1.64. The van der Waals surface area contributed by atoms with Crippen molar-refractivity contribution in [2.24, 2.45) is 4.99 Å². The lowest BCUT2D eigenvalue weighted by Crippen LogP contribution is -2.36. The molecular formula is C18H23F2IN4O3. The summed E-state index contributed by atoms with van der Waals surface area (Å²) in [5.74, 6) is 1.60. The standard InChI is InChI=1S/C18H22F2N4O3.HI/c1-21-18(23-10-12-5-4-8-22-16(12)26-3)24-11-13-9-14(25-2)6-7-15(13)27-17(19)20;/h4-9,17H,10-11H2,1-3H3,(H2,21,23,24);1H. The number of halogens is 3. The Balaban J connectivity index is 0.00000392. The number of nitrogens with zero attached hydrogens (tertiary/aromatic N) is 2. The van der Waals surface area contributed by atoms with Gasteiger partial charge in [-0.15, -0.1) is 24.0 Å². The molecule has 1 aromatic carbocycles. The minimum atomic E-state index is -2.91. The van der Waals surface area contributed by atoms with Crippen LogP contribution in [0.3, 0.4) is 0 Å². The Hall–Kier alpha value is -2.37. The molecular weight excluding hydrogens is 485 g/mol. The lowest BCUT2D eigenvalue weighted by atomic mass is 10.2. The number of alkyl halides is 2. The second-order valence-corrected chi connectivity index (χ2v) is 5.30. The van der Waals surface area contributed by atoms with Crippen LogP contribution in [0.4, 0.5) is 8.78 Å². The highest BCUT2D eigenvalue weighted by Gasteiger charge is 2.12. The molecule has 0 radical (unpaired) electrons. The van der Waals surface area contributed by atoms with Crippen molar-refractivity contribution in [3.8, 4) is 17.4 Å². The van der Waals surface area contributed by atoms with E-state index in [2.05, 4.69) is 25.3 Å². The van der Waals surface area contributed by atoms with E-state index in [0.717, 1.165) is 5.56 Å². The smallest absolute Gasteiger partial charge is 0.387 e. The molecule has 0 unspecified atom stereocenters. The van der Waals surface area contributed by atoms with Crippen LogP contribution in [-0.4, -0.2) is 38.8 Å². The molecule has 0 aliphatic carbocycles. The topological polar surface area (TPSA) is 77.0 Å². The summed E-state index contributed by atoms with van der Waals surface area (Å²) in [4.78, 5) is 8.25. The summed E-state index contributed by atoms with van der Waals surface area (Å²) in [7, 11) is 4.66. The fraction of sp³-hybridized carbons (Fsp3) is 0.333. The van der Waals surface area contributed by atoms with E-state index in [-0.39, 0.29) is 36.3 Å². The number of hydrogen-bond donors (Lipinski definition) is 2. The third-order valence-electron chi connectivity index (χ3n) is 3.64. The number of benzene rings is 1. The van der Waals surface area contributed by atoms with Crippen molar-refractivity contribution < 1.29 is 23.0 Å². The van der Waals surface area contributed by atoms with Crippen LogP contribution in [0, 0.1) is 0 Å². The SMILES string of the molecule is CN=C(NCc1cc(OC)ccc1OC(F)F)NCc1cccnc1OC.I. The molecule has 10 heteroatoms. The highest BCUT2D eigenvalue weighted by Crippen LogP contribution is 2.25. The van der Waals surface area contributed by atoms with E-state index in [9.17, 15) is 8.78 Å². The molecule has 0 spiro atoms. The number of nitrogens with one attached hydrogen (secondary N) is 2. The second kappa shape index (κ2) is 12.2. The summed E-state index contributed by atoms with van der Waals surface area (Å²) in [5.41, 5.74) is 1.36. The van der Waals surface area contributed by atoms with Crippen molar-refractivity contribution in [2.45, 2.75) is 19.7 Å². The van der Waals surface area contributed by atoms with Crippen LogP contribution >= 0.6 is 24.0 Å². The molecule has 0 bridgehead atoms. The molecule has 1 aromatic heterocycles. The van der Waals surface area contributed by atoms with E-state index in [4.69, 9.17) is 9.47 Å². The molecule has 0 atom stereocenters. The summed E-state index contributed by atoms with van der Waals surface area (Å²) in [6.45, 7) is -2.27. The van der Waals surface area contributed by atoms with Gasteiger partial charge in [0.25, 0.3) is 0 Å². The predicted molar refractivity (Wildman–Crippen MR) is 113 cm³/mol. The Morgan fingerprint density at radius 3 is 2.43 bits per heavy atom. The molecule has 0 saturated carbocycles. The van der Waals surface area contributed by atoms with Gasteiger partial charge >= 0.3 is 6.61 Å². The average Bonchev–Trinajstić information content (AvgIpc) is 2.68. The first-order valence-electron chi connectivity index (χ1n) is 8.11. The zero-order chi connectivity index (χ0) is 19.6. The molecule has 1 heterocycles. The van der Waals surface area contributed by atoms with Crippen LogP contribution in [0.1, 0.15) is 11.1 Å². The number of hydrogen-bond acceptors (Lipinski definition) is 5. The van der Waals surface area contributed by atoms with Crippen LogP contribution in [0.15, 0.2) is 41.5 Å². The number of ether oxygens (including phenoxy) is 3. The predicted octanol–water partition coefficient (Wildman–Crippen LogP) is 3.18. The quantitative estimate of drug-likeness (QED) is 0.324. The van der Waals surface area contributed by atoms with Gasteiger partial charge in [-0.1, -0.05) is 6.07 Å². The molecule has 0 fully saturated rings. The van der Waals surface area contributed by atoms with Crippen LogP contribution < -0.4 is 24.8 Å². The van der Waals surface area contributed by atoms with Gasteiger partial charge in [0, 0.05) is 37.5 Å². The van der Waals surface area contributed by atoms with Crippen LogP contribution in [0.5, 0.6) is 17.4 Å². The average molecular weight is 508 g/mol. The Kier molecular flexibility index (Phi) is 10.3. The van der Waals surface area contributed by atoms with Gasteiger partial charge in [-0.25, -0.2) is 4.98 Å². The first kappa shape index (κ1) is 23.7. The molecule has 154 valence electrons. The first-order chi connectivity index (χ1) is 13.1. The van der Waals surface area contributed by atoms with Crippen LogP contribution in [-0.2, 0) is 13.1 Å². The third kappa shape index (κ3) is 6.98. The molecule has 28 heavy (non-hydrogen) atoms. The van der Waals surface area contributed by atoms with E-state index in [1.54, 1.807) is 38.6 Å². The van der Waals surface area contributed by atoms with Gasteiger partial charge in [-0.3, -0.25) is 4.99 Å². The number of rotatable bonds is 8. The maximum Gasteiger partial charge on any atom is 0.387 e. The largest absolute Gasteiger partial charge is 0.497 e. The van der Waals surface area contributed by atoms with Gasteiger partial charge < -0.3 is 24.8 Å². The van der Waals surface area contributed by atoms with Gasteiger partial charge in [-0.2, -0.15) is 8.78 Å². The zero-order valence-electron chi connectivity index (χ0n) is 15.7. The number of guanidine groups is 1. The van der Waals surface area contributed by atoms with E-state index in [1.807, 2.05) is 6.07 Å². The molecule has 0 aliphatic heterocycles. The number of pyridine rings is 1. The summed E-state index contributed by atoms with van der Waals surface area (Å²) >= 11 is 0. The lowest BCUT2D eigenvalue weighted by molar-refractivity contribution is -0.0504. The second-order valence-electron chi connectivity index (χ2n) is 5.30. The maximum absolute atomic E-state index is 12.6. The Morgan fingerprint density at radius 1 is 1.11 bits per heavy atom. The summed E-state index contributed by atoms with van der Waals surface area (Å²) in [5, 5.41) is 6.17. The van der Waals surface area contributed by atoms with Crippen molar-refractivity contribution in [1.82, 2.24) is 15.6 Å². The fourth-order valence-corrected chi connectivity index (χ4v) is 2.35. The van der Waals surface area contributed by atoms with Crippen molar-refractivity contribution in [1.29, 1.82) is 0 Å². The minimum absolute atomic E-state index is 0. The third-order valence-corrected chi connectivity index (χ3v) is 3.64. The lowest BCUT2D eigenvalue weighted by Gasteiger charge is -2.16. The van der Waals surface area contributed by atoms with Crippen molar-refractivity contribution in [3.05, 3.63) is 47.7 Å². The molecule has 7 nitrogen and oxygen atoms in total. The molecule has 2 rings (SSSR count). The molecule has 0 saturated heterocycles. The highest BCUT2D eigenvalue weighted by atomic mass is 127. The van der Waals surface area contributed by atoms with E-state index < -0.39 is 6.61 Å². The van der Waals surface area contributed by atoms with Gasteiger partial charge in [0.1, 0.15) is 11.5 Å². The Morgan fingerprint density at radius 2 is 1.82 bits per heavy atom.